The zero-order chi connectivity index (χ0) is 22.3. The van der Waals surface area contributed by atoms with E-state index in [2.05, 4.69) is 25.5 Å². The Kier molecular flexibility index (Phi) is 6.81. The first kappa shape index (κ1) is 21.6. The van der Waals surface area contributed by atoms with E-state index >= 15 is 0 Å². The number of nitrogens with zero attached hydrogens (tertiary/aromatic N) is 3. The molecule has 1 atom stereocenters. The zero-order valence-corrected chi connectivity index (χ0v) is 18.2. The number of hydrogen-bond acceptors (Lipinski definition) is 7. The third kappa shape index (κ3) is 5.73. The summed E-state index contributed by atoms with van der Waals surface area (Å²) in [5.74, 6) is 1.86. The SMILES string of the molecule is Cc1cc(N2CCOCC2)nc(Nc2ccc(NC(=O)[C@@H](C)Oc3ccccc3)cc2)n1. The number of anilines is 4. The van der Waals surface area contributed by atoms with E-state index < -0.39 is 6.10 Å². The van der Waals surface area contributed by atoms with Crippen molar-refractivity contribution in [3.8, 4) is 5.75 Å². The highest BCUT2D eigenvalue weighted by Gasteiger charge is 2.16. The van der Waals surface area contributed by atoms with E-state index in [1.165, 1.54) is 0 Å². The number of morpholine rings is 1. The second-order valence-electron chi connectivity index (χ2n) is 7.56. The third-order valence-corrected chi connectivity index (χ3v) is 5.01. The monoisotopic (exact) mass is 433 g/mol. The molecule has 0 unspecified atom stereocenters. The summed E-state index contributed by atoms with van der Waals surface area (Å²) < 4.78 is 11.1. The van der Waals surface area contributed by atoms with Gasteiger partial charge in [0.1, 0.15) is 11.6 Å². The highest BCUT2D eigenvalue weighted by Crippen LogP contribution is 2.21. The summed E-state index contributed by atoms with van der Waals surface area (Å²) >= 11 is 0. The van der Waals surface area contributed by atoms with Gasteiger partial charge in [-0.25, -0.2) is 4.98 Å². The maximum atomic E-state index is 12.4. The first-order valence-corrected chi connectivity index (χ1v) is 10.6. The number of amides is 1. The van der Waals surface area contributed by atoms with Gasteiger partial charge in [-0.1, -0.05) is 18.2 Å². The maximum absolute atomic E-state index is 12.4. The maximum Gasteiger partial charge on any atom is 0.265 e. The molecule has 4 rings (SSSR count). The van der Waals surface area contributed by atoms with Crippen LogP contribution in [0.1, 0.15) is 12.6 Å². The van der Waals surface area contributed by atoms with Gasteiger partial charge in [-0.2, -0.15) is 4.98 Å². The van der Waals surface area contributed by atoms with Gasteiger partial charge in [-0.15, -0.1) is 0 Å². The van der Waals surface area contributed by atoms with E-state index in [4.69, 9.17) is 9.47 Å². The minimum Gasteiger partial charge on any atom is -0.481 e. The predicted octanol–water partition coefficient (Wildman–Crippen LogP) is 3.77. The minimum absolute atomic E-state index is 0.216. The van der Waals surface area contributed by atoms with Gasteiger partial charge in [0.15, 0.2) is 6.10 Å². The van der Waals surface area contributed by atoms with Gasteiger partial charge in [0.2, 0.25) is 5.95 Å². The lowest BCUT2D eigenvalue weighted by atomic mass is 10.2. The minimum atomic E-state index is -0.616. The number of carbonyl (C=O) groups is 1. The second kappa shape index (κ2) is 10.1. The lowest BCUT2D eigenvalue weighted by molar-refractivity contribution is -0.122. The van der Waals surface area contributed by atoms with Gasteiger partial charge < -0.3 is 25.0 Å². The highest BCUT2D eigenvalue weighted by molar-refractivity contribution is 5.94. The third-order valence-electron chi connectivity index (χ3n) is 5.01. The average molecular weight is 434 g/mol. The Balaban J connectivity index is 1.36. The molecular formula is C24H27N5O3. The zero-order valence-electron chi connectivity index (χ0n) is 18.2. The van der Waals surface area contributed by atoms with Gasteiger partial charge in [0.25, 0.3) is 5.91 Å². The van der Waals surface area contributed by atoms with Crippen molar-refractivity contribution in [1.82, 2.24) is 9.97 Å². The molecule has 1 amide bonds. The normalized spacial score (nSPS) is 14.5. The molecule has 166 valence electrons. The first-order valence-electron chi connectivity index (χ1n) is 10.6. The van der Waals surface area contributed by atoms with Gasteiger partial charge >= 0.3 is 0 Å². The molecular weight excluding hydrogens is 406 g/mol. The topological polar surface area (TPSA) is 88.6 Å². The number of ether oxygens (including phenoxy) is 2. The summed E-state index contributed by atoms with van der Waals surface area (Å²) in [5.41, 5.74) is 2.40. The van der Waals surface area contributed by atoms with E-state index in [0.717, 1.165) is 30.3 Å². The van der Waals surface area contributed by atoms with Crippen molar-refractivity contribution in [3.05, 3.63) is 66.4 Å². The fourth-order valence-electron chi connectivity index (χ4n) is 3.33. The number of hydrogen-bond donors (Lipinski definition) is 2. The standard InChI is InChI=1S/C24H27N5O3/c1-17-16-22(29-12-14-31-15-13-29)28-24(25-17)27-20-10-8-19(9-11-20)26-23(30)18(2)32-21-6-4-3-5-7-21/h3-11,16,18H,12-15H2,1-2H3,(H,26,30)(H,25,27,28)/t18-/m1/s1. The van der Waals surface area contributed by atoms with Crippen molar-refractivity contribution in [2.75, 3.05) is 41.8 Å². The molecule has 0 saturated carbocycles. The Morgan fingerprint density at radius 2 is 1.72 bits per heavy atom. The van der Waals surface area contributed by atoms with Crippen LogP contribution in [-0.4, -0.2) is 48.3 Å². The molecule has 1 saturated heterocycles. The molecule has 1 aliphatic rings. The Morgan fingerprint density at radius 1 is 1.03 bits per heavy atom. The Hall–Kier alpha value is -3.65. The van der Waals surface area contributed by atoms with Crippen molar-refractivity contribution in [3.63, 3.8) is 0 Å². The van der Waals surface area contributed by atoms with Crippen LogP contribution in [0.3, 0.4) is 0 Å². The summed E-state index contributed by atoms with van der Waals surface area (Å²) in [5, 5.41) is 6.12. The predicted molar refractivity (Wildman–Crippen MR) is 125 cm³/mol. The van der Waals surface area contributed by atoms with E-state index in [1.54, 1.807) is 6.92 Å². The van der Waals surface area contributed by atoms with Crippen LogP contribution in [0.25, 0.3) is 0 Å². The second-order valence-corrected chi connectivity index (χ2v) is 7.56. The summed E-state index contributed by atoms with van der Waals surface area (Å²) in [6.45, 7) is 6.71. The molecule has 0 bridgehead atoms. The van der Waals surface area contributed by atoms with Gasteiger partial charge in [0.05, 0.1) is 13.2 Å². The Bertz CT molecular complexity index is 1040. The average Bonchev–Trinajstić information content (AvgIpc) is 2.81. The summed E-state index contributed by atoms with van der Waals surface area (Å²) in [6, 6.07) is 18.7. The van der Waals surface area contributed by atoms with Crippen LogP contribution in [-0.2, 0) is 9.53 Å². The molecule has 3 aromatic rings. The molecule has 1 aliphatic heterocycles. The van der Waals surface area contributed by atoms with Crippen molar-refractivity contribution in [1.29, 1.82) is 0 Å². The van der Waals surface area contributed by atoms with Crippen LogP contribution in [0.2, 0.25) is 0 Å². The van der Waals surface area contributed by atoms with Gasteiger partial charge in [0, 0.05) is 36.2 Å². The molecule has 1 fully saturated rings. The number of aryl methyl sites for hydroxylation is 1. The molecule has 1 aromatic heterocycles. The quantitative estimate of drug-likeness (QED) is 0.586. The summed E-state index contributed by atoms with van der Waals surface area (Å²) in [7, 11) is 0. The first-order chi connectivity index (χ1) is 15.6. The summed E-state index contributed by atoms with van der Waals surface area (Å²) in [4.78, 5) is 23.8. The van der Waals surface area contributed by atoms with Crippen LogP contribution >= 0.6 is 0 Å². The van der Waals surface area contributed by atoms with Crippen LogP contribution < -0.4 is 20.3 Å². The molecule has 8 heteroatoms. The van der Waals surface area contributed by atoms with Crippen LogP contribution in [0, 0.1) is 6.92 Å². The molecule has 32 heavy (non-hydrogen) atoms. The van der Waals surface area contributed by atoms with Crippen LogP contribution in [0.15, 0.2) is 60.7 Å². The molecule has 0 radical (unpaired) electrons. The van der Waals surface area contributed by atoms with E-state index in [9.17, 15) is 4.79 Å². The van der Waals surface area contributed by atoms with Crippen molar-refractivity contribution < 1.29 is 14.3 Å². The van der Waals surface area contributed by atoms with Gasteiger partial charge in [-0.3, -0.25) is 4.79 Å². The smallest absolute Gasteiger partial charge is 0.265 e. The van der Waals surface area contributed by atoms with E-state index in [-0.39, 0.29) is 5.91 Å². The lowest BCUT2D eigenvalue weighted by Gasteiger charge is -2.28. The fourth-order valence-corrected chi connectivity index (χ4v) is 3.33. The molecule has 2 heterocycles. The lowest BCUT2D eigenvalue weighted by Crippen LogP contribution is -2.36. The number of benzene rings is 2. The number of para-hydroxylation sites is 1. The number of nitrogens with one attached hydrogen (secondary N) is 2. The fraction of sp³-hybridized carbons (Fsp3) is 0.292. The van der Waals surface area contributed by atoms with E-state index in [0.29, 0.717) is 30.6 Å². The van der Waals surface area contributed by atoms with Crippen LogP contribution in [0.5, 0.6) is 5.75 Å². The number of aromatic nitrogens is 2. The summed E-state index contributed by atoms with van der Waals surface area (Å²) in [6.07, 6.45) is -0.616. The van der Waals surface area contributed by atoms with Crippen molar-refractivity contribution in [2.45, 2.75) is 20.0 Å². The van der Waals surface area contributed by atoms with Crippen molar-refractivity contribution in [2.24, 2.45) is 0 Å². The van der Waals surface area contributed by atoms with E-state index in [1.807, 2.05) is 67.6 Å². The molecule has 2 aromatic carbocycles. The molecule has 8 nitrogen and oxygen atoms in total. The van der Waals surface area contributed by atoms with Crippen molar-refractivity contribution >= 4 is 29.0 Å². The number of rotatable bonds is 7. The number of carbonyl (C=O) groups excluding carboxylic acids is 1. The molecule has 2 N–H and O–H groups in total. The molecule has 0 spiro atoms. The molecule has 0 aliphatic carbocycles. The Labute approximate surface area is 187 Å². The largest absolute Gasteiger partial charge is 0.481 e. The van der Waals surface area contributed by atoms with Gasteiger partial charge in [-0.05, 0) is 50.2 Å². The van der Waals surface area contributed by atoms with Crippen LogP contribution in [0.4, 0.5) is 23.1 Å². The Morgan fingerprint density at radius 3 is 2.44 bits per heavy atom. The highest BCUT2D eigenvalue weighted by atomic mass is 16.5.